The van der Waals surface area contributed by atoms with Crippen molar-refractivity contribution >= 4 is 17.4 Å². The highest BCUT2D eigenvalue weighted by molar-refractivity contribution is 6.32. The van der Waals surface area contributed by atoms with Crippen molar-refractivity contribution in [1.29, 1.82) is 0 Å². The van der Waals surface area contributed by atoms with E-state index in [-0.39, 0.29) is 0 Å². The Morgan fingerprint density at radius 3 is 3.18 bits per heavy atom. The number of piperidine rings is 1. The first-order valence-corrected chi connectivity index (χ1v) is 6.78. The van der Waals surface area contributed by atoms with Crippen LogP contribution in [0.3, 0.4) is 0 Å². The highest BCUT2D eigenvalue weighted by Crippen LogP contribution is 2.28. The smallest absolute Gasteiger partial charge is 0.147 e. The quantitative estimate of drug-likeness (QED) is 0.894. The summed E-state index contributed by atoms with van der Waals surface area (Å²) in [7, 11) is 0. The topological polar surface area (TPSA) is 28.2 Å². The summed E-state index contributed by atoms with van der Waals surface area (Å²) in [5, 5.41) is 4.18. The van der Waals surface area contributed by atoms with Crippen molar-refractivity contribution in [2.75, 3.05) is 24.5 Å². The van der Waals surface area contributed by atoms with Crippen molar-refractivity contribution in [2.24, 2.45) is 0 Å². The third-order valence-electron chi connectivity index (χ3n) is 3.27. The zero-order valence-electron chi connectivity index (χ0n) is 10.3. The molecular formula is C13H20ClN3. The van der Waals surface area contributed by atoms with Gasteiger partial charge in [-0.3, -0.25) is 0 Å². The lowest BCUT2D eigenvalue weighted by molar-refractivity contribution is 0.436. The highest BCUT2D eigenvalue weighted by Gasteiger charge is 2.24. The van der Waals surface area contributed by atoms with E-state index in [4.69, 9.17) is 11.6 Å². The molecule has 0 aromatic carbocycles. The minimum atomic E-state index is 0.524. The van der Waals surface area contributed by atoms with E-state index in [1.807, 2.05) is 18.3 Å². The lowest BCUT2D eigenvalue weighted by Crippen LogP contribution is -2.46. The molecule has 0 radical (unpaired) electrons. The monoisotopic (exact) mass is 253 g/mol. The van der Waals surface area contributed by atoms with E-state index < -0.39 is 0 Å². The molecule has 1 N–H and O–H groups in total. The van der Waals surface area contributed by atoms with E-state index in [0.717, 1.165) is 30.5 Å². The minimum absolute atomic E-state index is 0.524. The molecule has 0 amide bonds. The van der Waals surface area contributed by atoms with Crippen LogP contribution in [0.5, 0.6) is 0 Å². The first kappa shape index (κ1) is 12.7. The van der Waals surface area contributed by atoms with Crippen LogP contribution in [0.1, 0.15) is 26.2 Å². The van der Waals surface area contributed by atoms with Gasteiger partial charge in [0.1, 0.15) is 5.82 Å². The summed E-state index contributed by atoms with van der Waals surface area (Å²) in [6.07, 6.45) is 5.58. The maximum atomic E-state index is 6.23. The zero-order valence-corrected chi connectivity index (χ0v) is 11.1. The van der Waals surface area contributed by atoms with E-state index in [0.29, 0.717) is 6.04 Å². The third-order valence-corrected chi connectivity index (χ3v) is 3.56. The molecule has 0 bridgehead atoms. The van der Waals surface area contributed by atoms with Crippen molar-refractivity contribution in [1.82, 2.24) is 10.3 Å². The number of anilines is 1. The molecule has 3 nitrogen and oxygen atoms in total. The molecule has 1 unspecified atom stereocenters. The molecule has 1 aliphatic heterocycles. The number of halogens is 1. The van der Waals surface area contributed by atoms with Gasteiger partial charge in [-0.1, -0.05) is 18.5 Å². The molecule has 94 valence electrons. The summed E-state index contributed by atoms with van der Waals surface area (Å²) in [6, 6.07) is 4.33. The number of nitrogens with zero attached hydrogens (tertiary/aromatic N) is 2. The summed E-state index contributed by atoms with van der Waals surface area (Å²) in [6.45, 7) is 5.23. The van der Waals surface area contributed by atoms with Crippen molar-refractivity contribution in [2.45, 2.75) is 32.2 Å². The number of aromatic nitrogens is 1. The van der Waals surface area contributed by atoms with E-state index in [2.05, 4.69) is 22.1 Å². The second-order valence-corrected chi connectivity index (χ2v) is 4.87. The Morgan fingerprint density at radius 1 is 1.53 bits per heavy atom. The molecule has 1 fully saturated rings. The first-order valence-electron chi connectivity index (χ1n) is 6.40. The molecule has 0 saturated carbocycles. The molecule has 2 rings (SSSR count). The predicted octanol–water partition coefficient (Wildman–Crippen LogP) is 2.70. The van der Waals surface area contributed by atoms with Gasteiger partial charge in [0.25, 0.3) is 0 Å². The summed E-state index contributed by atoms with van der Waals surface area (Å²) < 4.78 is 0. The van der Waals surface area contributed by atoms with E-state index in [9.17, 15) is 0 Å². The molecule has 17 heavy (non-hydrogen) atoms. The molecule has 0 aliphatic carbocycles. The van der Waals surface area contributed by atoms with Crippen molar-refractivity contribution < 1.29 is 0 Å². The molecule has 1 saturated heterocycles. The van der Waals surface area contributed by atoms with Gasteiger partial charge in [-0.2, -0.15) is 0 Å². The van der Waals surface area contributed by atoms with Crippen LogP contribution in [0.2, 0.25) is 5.02 Å². The van der Waals surface area contributed by atoms with Crippen molar-refractivity contribution in [3.63, 3.8) is 0 Å². The highest BCUT2D eigenvalue weighted by atomic mass is 35.5. The fourth-order valence-corrected chi connectivity index (χ4v) is 2.62. The molecule has 2 heterocycles. The molecule has 4 heteroatoms. The Hall–Kier alpha value is -0.800. The van der Waals surface area contributed by atoms with Crippen LogP contribution in [0.4, 0.5) is 5.82 Å². The molecular weight excluding hydrogens is 234 g/mol. The summed E-state index contributed by atoms with van der Waals surface area (Å²) in [5.74, 6) is 0.941. The fraction of sp³-hybridized carbons (Fsp3) is 0.615. The number of hydrogen-bond acceptors (Lipinski definition) is 3. The Labute approximate surface area is 108 Å². The predicted molar refractivity (Wildman–Crippen MR) is 72.8 cm³/mol. The average molecular weight is 254 g/mol. The van der Waals surface area contributed by atoms with Gasteiger partial charge in [-0.15, -0.1) is 0 Å². The maximum absolute atomic E-state index is 6.23. The van der Waals surface area contributed by atoms with E-state index >= 15 is 0 Å². The van der Waals surface area contributed by atoms with Gasteiger partial charge in [0.15, 0.2) is 0 Å². The van der Waals surface area contributed by atoms with Gasteiger partial charge >= 0.3 is 0 Å². The van der Waals surface area contributed by atoms with E-state index in [1.165, 1.54) is 19.3 Å². The Bertz CT molecular complexity index is 356. The second kappa shape index (κ2) is 6.22. The van der Waals surface area contributed by atoms with Gasteiger partial charge in [-0.25, -0.2) is 4.98 Å². The van der Waals surface area contributed by atoms with Gasteiger partial charge < -0.3 is 10.2 Å². The van der Waals surface area contributed by atoms with Crippen LogP contribution in [0.25, 0.3) is 0 Å². The zero-order chi connectivity index (χ0) is 12.1. The van der Waals surface area contributed by atoms with Gasteiger partial charge in [0, 0.05) is 25.3 Å². The third kappa shape index (κ3) is 3.11. The van der Waals surface area contributed by atoms with Crippen LogP contribution >= 0.6 is 11.6 Å². The molecule has 1 aliphatic rings. The summed E-state index contributed by atoms with van der Waals surface area (Å²) >= 11 is 6.23. The average Bonchev–Trinajstić information content (AvgIpc) is 2.37. The lowest BCUT2D eigenvalue weighted by atomic mass is 10.0. The molecule has 1 atom stereocenters. The number of hydrogen-bond donors (Lipinski definition) is 1. The van der Waals surface area contributed by atoms with Crippen LogP contribution in [-0.4, -0.2) is 30.7 Å². The van der Waals surface area contributed by atoms with Crippen LogP contribution in [0, 0.1) is 0 Å². The Kier molecular flexibility index (Phi) is 4.63. The minimum Gasteiger partial charge on any atom is -0.351 e. The van der Waals surface area contributed by atoms with Crippen LogP contribution in [-0.2, 0) is 0 Å². The number of nitrogens with one attached hydrogen (secondary N) is 1. The Balaban J connectivity index is 2.13. The largest absolute Gasteiger partial charge is 0.351 e. The SMILES string of the molecule is CCNCC1CCCCN1c1ncccc1Cl. The second-order valence-electron chi connectivity index (χ2n) is 4.46. The van der Waals surface area contributed by atoms with E-state index in [1.54, 1.807) is 0 Å². The maximum Gasteiger partial charge on any atom is 0.147 e. The number of likely N-dealkylation sites (N-methyl/N-ethyl adjacent to an activating group) is 1. The van der Waals surface area contributed by atoms with Crippen LogP contribution < -0.4 is 10.2 Å². The summed E-state index contributed by atoms with van der Waals surface area (Å²) in [5.41, 5.74) is 0. The first-order chi connectivity index (χ1) is 8.33. The molecule has 1 aromatic heterocycles. The van der Waals surface area contributed by atoms with Crippen molar-refractivity contribution in [3.8, 4) is 0 Å². The standard InChI is InChI=1S/C13H20ClN3/c1-2-15-10-11-6-3-4-9-17(11)13-12(14)7-5-8-16-13/h5,7-8,11,15H,2-4,6,9-10H2,1H3. The molecule has 0 spiro atoms. The van der Waals surface area contributed by atoms with Gasteiger partial charge in [-0.05, 0) is 37.9 Å². The summed E-state index contributed by atoms with van der Waals surface area (Å²) in [4.78, 5) is 6.78. The lowest BCUT2D eigenvalue weighted by Gasteiger charge is -2.37. The fourth-order valence-electron chi connectivity index (χ4n) is 2.39. The number of rotatable bonds is 4. The van der Waals surface area contributed by atoms with Gasteiger partial charge in [0.05, 0.1) is 5.02 Å². The van der Waals surface area contributed by atoms with Crippen molar-refractivity contribution in [3.05, 3.63) is 23.4 Å². The number of pyridine rings is 1. The van der Waals surface area contributed by atoms with Crippen LogP contribution in [0.15, 0.2) is 18.3 Å². The Morgan fingerprint density at radius 2 is 2.41 bits per heavy atom. The normalized spacial score (nSPS) is 20.6. The van der Waals surface area contributed by atoms with Gasteiger partial charge in [0.2, 0.25) is 0 Å². The molecule has 1 aromatic rings.